The van der Waals surface area contributed by atoms with Crippen LogP contribution in [0.5, 0.6) is 0 Å². The maximum absolute atomic E-state index is 13.8. The van der Waals surface area contributed by atoms with E-state index in [1.54, 1.807) is 29.2 Å². The van der Waals surface area contributed by atoms with Crippen LogP contribution in [-0.2, 0) is 24.4 Å². The number of benzene rings is 2. The number of hydrogen-bond donors (Lipinski definition) is 1. The van der Waals surface area contributed by atoms with Gasteiger partial charge in [0.2, 0.25) is 11.7 Å². The summed E-state index contributed by atoms with van der Waals surface area (Å²) in [6.07, 6.45) is -1.11. The summed E-state index contributed by atoms with van der Waals surface area (Å²) in [4.78, 5) is 22.3. The minimum absolute atomic E-state index is 0.0835. The average Bonchev–Trinajstić information content (AvgIpc) is 3.55. The fourth-order valence-corrected chi connectivity index (χ4v) is 4.80. The van der Waals surface area contributed by atoms with Gasteiger partial charge in [-0.2, -0.15) is 18.4 Å². The Morgan fingerprint density at radius 2 is 1.92 bits per heavy atom. The number of aryl methyl sites for hydroxylation is 1. The molecule has 1 aliphatic heterocycles. The number of fused-ring (bicyclic) bond motifs is 1. The molecule has 0 radical (unpaired) electrons. The summed E-state index contributed by atoms with van der Waals surface area (Å²) < 4.78 is 43.3. The zero-order chi connectivity index (χ0) is 26.9. The van der Waals surface area contributed by atoms with Gasteiger partial charge in [-0.05, 0) is 55.2 Å². The minimum atomic E-state index is -4.74. The van der Waals surface area contributed by atoms with E-state index in [1.165, 1.54) is 6.07 Å². The Morgan fingerprint density at radius 1 is 1.13 bits per heavy atom. The molecule has 0 aliphatic carbocycles. The highest BCUT2D eigenvalue weighted by Gasteiger charge is 2.38. The fraction of sp³-hybridized carbons (Fsp3) is 0.286. The number of hydrogen-bond acceptors (Lipinski definition) is 5. The van der Waals surface area contributed by atoms with Crippen LogP contribution in [0.4, 0.5) is 19.0 Å². The van der Waals surface area contributed by atoms with Gasteiger partial charge in [-0.3, -0.25) is 4.79 Å². The Labute approximate surface area is 217 Å². The van der Waals surface area contributed by atoms with E-state index in [0.29, 0.717) is 43.5 Å². The lowest BCUT2D eigenvalue weighted by Crippen LogP contribution is -2.44. The van der Waals surface area contributed by atoms with Crippen LogP contribution in [0.1, 0.15) is 29.8 Å². The first-order valence-corrected chi connectivity index (χ1v) is 12.3. The van der Waals surface area contributed by atoms with Crippen molar-refractivity contribution < 1.29 is 18.0 Å². The number of nitrogens with zero attached hydrogens (tertiary/aromatic N) is 5. The van der Waals surface area contributed by atoms with E-state index in [4.69, 9.17) is 5.26 Å². The number of nitriles is 1. The van der Waals surface area contributed by atoms with Crippen molar-refractivity contribution in [3.8, 4) is 17.3 Å². The largest absolute Gasteiger partial charge is 0.451 e. The summed E-state index contributed by atoms with van der Waals surface area (Å²) in [5, 5.41) is 12.7. The van der Waals surface area contributed by atoms with Crippen LogP contribution < -0.4 is 10.2 Å². The molecule has 3 heterocycles. The Bertz CT molecular complexity index is 1520. The fourth-order valence-electron chi connectivity index (χ4n) is 4.80. The van der Waals surface area contributed by atoms with Crippen molar-refractivity contribution in [1.29, 1.82) is 5.26 Å². The van der Waals surface area contributed by atoms with Gasteiger partial charge < -0.3 is 14.8 Å². The van der Waals surface area contributed by atoms with Crippen LogP contribution in [-0.4, -0.2) is 39.6 Å². The molecule has 194 valence electrons. The van der Waals surface area contributed by atoms with Crippen molar-refractivity contribution in [3.63, 3.8) is 0 Å². The molecule has 2 aromatic heterocycles. The molecule has 0 saturated carbocycles. The molecule has 0 spiro atoms. The normalized spacial score (nSPS) is 15.6. The van der Waals surface area contributed by atoms with Gasteiger partial charge in [0.25, 0.3) is 0 Å². The number of carbonyl (C=O) groups is 1. The molecule has 2 aromatic carbocycles. The topological polar surface area (TPSA) is 86.8 Å². The molecular formula is C28H25F3N6O. The number of carbonyl (C=O) groups excluding carboxylic acids is 1. The van der Waals surface area contributed by atoms with E-state index in [2.05, 4.69) is 21.4 Å². The first-order valence-electron chi connectivity index (χ1n) is 12.3. The van der Waals surface area contributed by atoms with E-state index in [0.717, 1.165) is 16.5 Å². The molecular weight excluding hydrogens is 493 g/mol. The Morgan fingerprint density at radius 3 is 2.66 bits per heavy atom. The minimum Gasteiger partial charge on any atom is -0.354 e. The number of alkyl halides is 3. The van der Waals surface area contributed by atoms with Crippen LogP contribution in [0.15, 0.2) is 60.8 Å². The van der Waals surface area contributed by atoms with Crippen molar-refractivity contribution in [2.24, 2.45) is 7.05 Å². The van der Waals surface area contributed by atoms with E-state index in [-0.39, 0.29) is 17.4 Å². The van der Waals surface area contributed by atoms with Gasteiger partial charge >= 0.3 is 6.18 Å². The van der Waals surface area contributed by atoms with Gasteiger partial charge in [-0.25, -0.2) is 9.97 Å². The average molecular weight is 519 g/mol. The van der Waals surface area contributed by atoms with Crippen molar-refractivity contribution in [3.05, 3.63) is 77.7 Å². The standard InChI is InChI=1S/C28H25F3N6O/c1-36-14-11-21-15-20(8-9-23(21)36)22-16-25(35-27(34-22)28(29,30)31)37-13-2-3-24(37)26(38)33-12-10-18-4-6-19(17-32)7-5-18/h4-9,11,14-16,24H,2-3,10,12-13H2,1H3,(H,33,38). The maximum atomic E-state index is 13.8. The van der Waals surface area contributed by atoms with E-state index in [9.17, 15) is 18.0 Å². The second-order valence-corrected chi connectivity index (χ2v) is 9.33. The summed E-state index contributed by atoms with van der Waals surface area (Å²) in [7, 11) is 1.90. The second kappa shape index (κ2) is 10.2. The summed E-state index contributed by atoms with van der Waals surface area (Å²) in [6.45, 7) is 0.786. The lowest BCUT2D eigenvalue weighted by atomic mass is 10.1. The molecule has 5 rings (SSSR count). The SMILES string of the molecule is Cn1ccc2cc(-c3cc(N4CCCC4C(=O)NCCc4ccc(C#N)cc4)nc(C(F)(F)F)n3)ccc21. The van der Waals surface area contributed by atoms with Gasteiger partial charge in [0.05, 0.1) is 17.3 Å². The smallest absolute Gasteiger partial charge is 0.354 e. The zero-order valence-electron chi connectivity index (χ0n) is 20.7. The molecule has 1 fully saturated rings. The third kappa shape index (κ3) is 5.18. The van der Waals surface area contributed by atoms with Crippen molar-refractivity contribution >= 4 is 22.6 Å². The summed E-state index contributed by atoms with van der Waals surface area (Å²) in [5.74, 6) is -1.40. The third-order valence-corrected chi connectivity index (χ3v) is 6.79. The number of anilines is 1. The number of nitrogens with one attached hydrogen (secondary N) is 1. The first kappa shape index (κ1) is 25.3. The number of aromatic nitrogens is 3. The highest BCUT2D eigenvalue weighted by Crippen LogP contribution is 2.34. The number of halogens is 3. The quantitative estimate of drug-likeness (QED) is 0.394. The molecule has 7 nitrogen and oxygen atoms in total. The van der Waals surface area contributed by atoms with Crippen LogP contribution in [0.25, 0.3) is 22.2 Å². The number of rotatable bonds is 6. The zero-order valence-corrected chi connectivity index (χ0v) is 20.7. The second-order valence-electron chi connectivity index (χ2n) is 9.33. The molecule has 1 saturated heterocycles. The highest BCUT2D eigenvalue weighted by atomic mass is 19.4. The molecule has 38 heavy (non-hydrogen) atoms. The molecule has 10 heteroatoms. The maximum Gasteiger partial charge on any atom is 0.451 e. The molecule has 1 N–H and O–H groups in total. The van der Waals surface area contributed by atoms with E-state index < -0.39 is 18.0 Å². The monoisotopic (exact) mass is 518 g/mol. The Balaban J connectivity index is 1.38. The van der Waals surface area contributed by atoms with Gasteiger partial charge in [-0.15, -0.1) is 0 Å². The van der Waals surface area contributed by atoms with Gasteiger partial charge in [0, 0.05) is 48.9 Å². The summed E-state index contributed by atoms with van der Waals surface area (Å²) >= 11 is 0. The number of amides is 1. The molecule has 1 unspecified atom stereocenters. The van der Waals surface area contributed by atoms with Gasteiger partial charge in [-0.1, -0.05) is 18.2 Å². The first-order chi connectivity index (χ1) is 18.2. The van der Waals surface area contributed by atoms with Crippen LogP contribution >= 0.6 is 0 Å². The van der Waals surface area contributed by atoms with E-state index >= 15 is 0 Å². The van der Waals surface area contributed by atoms with Crippen molar-refractivity contribution in [2.45, 2.75) is 31.5 Å². The molecule has 1 amide bonds. The van der Waals surface area contributed by atoms with Crippen molar-refractivity contribution in [1.82, 2.24) is 19.9 Å². The highest BCUT2D eigenvalue weighted by molar-refractivity contribution is 5.87. The van der Waals surface area contributed by atoms with Crippen LogP contribution in [0, 0.1) is 11.3 Å². The van der Waals surface area contributed by atoms with Gasteiger partial charge in [0.15, 0.2) is 0 Å². The van der Waals surface area contributed by atoms with Gasteiger partial charge in [0.1, 0.15) is 11.9 Å². The molecule has 1 atom stereocenters. The Hall–Kier alpha value is -4.39. The van der Waals surface area contributed by atoms with Crippen molar-refractivity contribution in [2.75, 3.05) is 18.0 Å². The lowest BCUT2D eigenvalue weighted by molar-refractivity contribution is -0.144. The Kier molecular flexibility index (Phi) is 6.76. The molecule has 1 aliphatic rings. The predicted molar refractivity (Wildman–Crippen MR) is 137 cm³/mol. The molecule has 4 aromatic rings. The van der Waals surface area contributed by atoms with Crippen LogP contribution in [0.3, 0.4) is 0 Å². The van der Waals surface area contributed by atoms with E-state index in [1.807, 2.05) is 42.1 Å². The molecule has 0 bridgehead atoms. The lowest BCUT2D eigenvalue weighted by Gasteiger charge is -2.26. The van der Waals surface area contributed by atoms with Crippen LogP contribution in [0.2, 0.25) is 0 Å². The summed E-state index contributed by atoms with van der Waals surface area (Å²) in [5.41, 5.74) is 3.18. The predicted octanol–water partition coefficient (Wildman–Crippen LogP) is 4.85. The summed E-state index contributed by atoms with van der Waals surface area (Å²) in [6, 6.07) is 17.4. The third-order valence-electron chi connectivity index (χ3n) is 6.79.